The third-order valence-corrected chi connectivity index (χ3v) is 11.1. The second-order valence-electron chi connectivity index (χ2n) is 10.8. The molecule has 1 aliphatic rings. The summed E-state index contributed by atoms with van der Waals surface area (Å²) in [6, 6.07) is 12.2. The number of piperidine rings is 1. The average molecular weight is 671 g/mol. The summed E-state index contributed by atoms with van der Waals surface area (Å²) in [5, 5.41) is 8.11. The van der Waals surface area contributed by atoms with E-state index in [1.165, 1.54) is 12.1 Å². The van der Waals surface area contributed by atoms with Crippen LogP contribution < -0.4 is 15.0 Å². The number of allylic oxidation sites excluding steroid dienone is 1. The monoisotopic (exact) mass is 670 g/mol. The highest BCUT2D eigenvalue weighted by Gasteiger charge is 2.45. The molecule has 242 valence electrons. The van der Waals surface area contributed by atoms with Crippen molar-refractivity contribution >= 4 is 55.3 Å². The summed E-state index contributed by atoms with van der Waals surface area (Å²) < 4.78 is 29.0. The molecule has 4 aromatic rings. The first-order valence-electron chi connectivity index (χ1n) is 14.2. The number of fused-ring (bicyclic) bond motifs is 1. The predicted molar refractivity (Wildman–Crippen MR) is 170 cm³/mol. The molecule has 0 atom stereocenters. The van der Waals surface area contributed by atoms with Gasteiger partial charge in [-0.05, 0) is 49.1 Å². The Hall–Kier alpha value is -4.23. The highest BCUT2D eigenvalue weighted by atomic mass is 31.2. The number of nitrogens with zero attached hydrogens (tertiary/aromatic N) is 4. The average Bonchev–Trinajstić information content (AvgIpc) is 3.48. The van der Waals surface area contributed by atoms with Crippen LogP contribution in [-0.2, 0) is 25.1 Å². The number of hydrogen-bond donors (Lipinski definition) is 6. The number of aromatic amines is 1. The Balaban J connectivity index is 1.47. The maximum Gasteiger partial charge on any atom is 0.341 e. The number of nitrogens with one attached hydrogen (secondary N) is 2. The van der Waals surface area contributed by atoms with Crippen molar-refractivity contribution in [2.75, 3.05) is 23.3 Å². The van der Waals surface area contributed by atoms with Gasteiger partial charge in [-0.1, -0.05) is 24.8 Å². The molecule has 3 heterocycles. The van der Waals surface area contributed by atoms with Crippen molar-refractivity contribution in [3.63, 3.8) is 0 Å². The van der Waals surface area contributed by atoms with Crippen LogP contribution in [0.3, 0.4) is 0 Å². The normalized spacial score (nSPS) is 14.0. The van der Waals surface area contributed by atoms with Gasteiger partial charge in [0.1, 0.15) is 0 Å². The van der Waals surface area contributed by atoms with Gasteiger partial charge in [0, 0.05) is 36.8 Å². The largest absolute Gasteiger partial charge is 0.424 e. The number of carbonyl (C=O) groups is 2. The fourth-order valence-electron chi connectivity index (χ4n) is 5.16. The van der Waals surface area contributed by atoms with Gasteiger partial charge in [-0.2, -0.15) is 10.1 Å². The smallest absolute Gasteiger partial charge is 0.341 e. The molecule has 6 N–H and O–H groups in total. The highest BCUT2D eigenvalue weighted by Crippen LogP contribution is 2.61. The Bertz CT molecular complexity index is 1860. The summed E-state index contributed by atoms with van der Waals surface area (Å²) in [6.45, 7) is 4.87. The predicted octanol–water partition coefficient (Wildman–Crippen LogP) is 4.03. The topological polar surface area (TPSA) is 228 Å². The number of esters is 1. The molecule has 0 saturated carbocycles. The Kier molecular flexibility index (Phi) is 9.82. The Morgan fingerprint density at radius 1 is 1.04 bits per heavy atom. The van der Waals surface area contributed by atoms with Crippen molar-refractivity contribution in [3.05, 3.63) is 66.9 Å². The van der Waals surface area contributed by atoms with Crippen molar-refractivity contribution in [2.24, 2.45) is 0 Å². The molecule has 2 aromatic heterocycles. The van der Waals surface area contributed by atoms with E-state index in [-0.39, 0.29) is 23.9 Å². The van der Waals surface area contributed by atoms with E-state index in [0.717, 1.165) is 24.8 Å². The van der Waals surface area contributed by atoms with Crippen LogP contribution >= 0.6 is 15.2 Å². The molecule has 5 rings (SSSR count). The molecule has 46 heavy (non-hydrogen) atoms. The Morgan fingerprint density at radius 3 is 2.48 bits per heavy atom. The van der Waals surface area contributed by atoms with E-state index in [2.05, 4.69) is 27.1 Å². The SMILES string of the molecule is C=CC(=O)Cc1cccc(-c2nc(Nc3ccc(N4CCCCC4)c(OC(=O)CC(P(=O)(O)O)P(=O)(O)O)c3)nc3[nH]ncc23)c1. The van der Waals surface area contributed by atoms with Crippen LogP contribution in [0.25, 0.3) is 22.3 Å². The van der Waals surface area contributed by atoms with Crippen LogP contribution in [-0.4, -0.2) is 70.0 Å². The highest BCUT2D eigenvalue weighted by molar-refractivity contribution is 7.70. The maximum atomic E-state index is 12.8. The number of ether oxygens (including phenoxy) is 1. The summed E-state index contributed by atoms with van der Waals surface area (Å²) in [7, 11) is -10.7. The zero-order valence-electron chi connectivity index (χ0n) is 24.4. The summed E-state index contributed by atoms with van der Waals surface area (Å²) in [5.74, 6) is -1.17. The number of anilines is 3. The summed E-state index contributed by atoms with van der Waals surface area (Å²) in [6.07, 6.45) is 4.65. The van der Waals surface area contributed by atoms with Crippen molar-refractivity contribution in [3.8, 4) is 17.0 Å². The molecular weight excluding hydrogens is 638 g/mol. The molecule has 0 aliphatic carbocycles. The zero-order chi connectivity index (χ0) is 33.1. The maximum absolute atomic E-state index is 12.8. The first kappa shape index (κ1) is 33.1. The van der Waals surface area contributed by atoms with E-state index in [0.29, 0.717) is 46.8 Å². The standard InChI is InChI=1S/C29H32N6O9P2/c1-2-21(36)14-18-7-6-8-19(13-18)27-22-17-30-34-28(22)33-29(32-27)31-20-9-10-23(35-11-4-3-5-12-35)24(15-20)44-25(37)16-26(45(38,39)40)46(41,42)43/h2,6-10,13,15,17,26H,1,3-5,11-12,14,16H2,(H2,38,39,40)(H2,41,42,43)(H2,30,31,32,33,34). The van der Waals surface area contributed by atoms with Gasteiger partial charge >= 0.3 is 21.2 Å². The lowest BCUT2D eigenvalue weighted by Gasteiger charge is -2.30. The summed E-state index contributed by atoms with van der Waals surface area (Å²) in [5.41, 5.74) is 3.36. The number of hydrogen-bond acceptors (Lipinski definition) is 10. The number of rotatable bonds is 12. The molecule has 1 fully saturated rings. The minimum Gasteiger partial charge on any atom is -0.424 e. The fraction of sp³-hybridized carbons (Fsp3) is 0.276. The first-order valence-corrected chi connectivity index (χ1v) is 17.6. The quantitative estimate of drug-likeness (QED) is 0.0541. The van der Waals surface area contributed by atoms with Crippen molar-refractivity contribution in [1.82, 2.24) is 20.2 Å². The van der Waals surface area contributed by atoms with Gasteiger partial charge in [0.2, 0.25) is 5.95 Å². The first-order chi connectivity index (χ1) is 21.8. The third-order valence-electron chi connectivity index (χ3n) is 7.38. The van der Waals surface area contributed by atoms with Crippen molar-refractivity contribution in [2.45, 2.75) is 37.5 Å². The lowest BCUT2D eigenvalue weighted by molar-refractivity contribution is -0.134. The van der Waals surface area contributed by atoms with Crippen LogP contribution in [0, 0.1) is 0 Å². The minimum atomic E-state index is -5.34. The van der Waals surface area contributed by atoms with E-state index in [4.69, 9.17) is 9.72 Å². The van der Waals surface area contributed by atoms with Gasteiger partial charge in [-0.3, -0.25) is 23.8 Å². The molecule has 15 nitrogen and oxygen atoms in total. The molecular formula is C29H32N6O9P2. The van der Waals surface area contributed by atoms with Crippen LogP contribution in [0.5, 0.6) is 5.75 Å². The molecule has 1 aliphatic heterocycles. The van der Waals surface area contributed by atoms with Gasteiger partial charge in [-0.15, -0.1) is 0 Å². The number of H-pyrrole nitrogens is 1. The van der Waals surface area contributed by atoms with Gasteiger partial charge in [0.15, 0.2) is 22.6 Å². The van der Waals surface area contributed by atoms with E-state index >= 15 is 0 Å². The number of ketones is 1. The lowest BCUT2D eigenvalue weighted by atomic mass is 10.0. The van der Waals surface area contributed by atoms with Gasteiger partial charge in [0.05, 0.1) is 29.4 Å². The number of benzene rings is 2. The lowest BCUT2D eigenvalue weighted by Crippen LogP contribution is -2.30. The van der Waals surface area contributed by atoms with Crippen LogP contribution in [0.15, 0.2) is 61.3 Å². The van der Waals surface area contributed by atoms with E-state index in [1.54, 1.807) is 18.3 Å². The molecule has 1 saturated heterocycles. The van der Waals surface area contributed by atoms with E-state index in [9.17, 15) is 38.3 Å². The number of aromatic nitrogens is 4. The summed E-state index contributed by atoms with van der Waals surface area (Å²) >= 11 is 0. The molecule has 0 bridgehead atoms. The Morgan fingerprint density at radius 2 is 1.78 bits per heavy atom. The third kappa shape index (κ3) is 7.94. The van der Waals surface area contributed by atoms with Crippen LogP contribution in [0.2, 0.25) is 0 Å². The molecule has 0 amide bonds. The molecule has 17 heteroatoms. The molecule has 2 aromatic carbocycles. The number of carbonyl (C=O) groups excluding carboxylic acids is 2. The summed E-state index contributed by atoms with van der Waals surface area (Å²) in [4.78, 5) is 73.9. The second kappa shape index (κ2) is 13.6. The molecule has 0 spiro atoms. The van der Waals surface area contributed by atoms with Gasteiger partial charge in [-0.25, -0.2) is 4.98 Å². The Labute approximate surface area is 263 Å². The van der Waals surface area contributed by atoms with E-state index < -0.39 is 33.0 Å². The van der Waals surface area contributed by atoms with Crippen LogP contribution in [0.4, 0.5) is 17.3 Å². The van der Waals surface area contributed by atoms with Gasteiger partial charge in [0.25, 0.3) is 0 Å². The molecule has 0 unspecified atom stereocenters. The van der Waals surface area contributed by atoms with Crippen molar-refractivity contribution in [1.29, 1.82) is 0 Å². The van der Waals surface area contributed by atoms with Crippen LogP contribution in [0.1, 0.15) is 31.2 Å². The van der Waals surface area contributed by atoms with Crippen molar-refractivity contribution < 1.29 is 43.0 Å². The fourth-order valence-corrected chi connectivity index (χ4v) is 7.50. The molecule has 0 radical (unpaired) electrons. The van der Waals surface area contributed by atoms with Gasteiger partial charge < -0.3 is 34.5 Å². The minimum absolute atomic E-state index is 0.0227. The zero-order valence-corrected chi connectivity index (χ0v) is 26.2. The second-order valence-corrected chi connectivity index (χ2v) is 14.8. The van der Waals surface area contributed by atoms with E-state index in [1.807, 2.05) is 29.2 Å².